The van der Waals surface area contributed by atoms with Crippen molar-refractivity contribution in [3.8, 4) is 6.07 Å². The molecule has 2 rings (SSSR count). The molecule has 21 heavy (non-hydrogen) atoms. The quantitative estimate of drug-likeness (QED) is 0.725. The minimum absolute atomic E-state index is 0.320. The molecule has 2 aliphatic carbocycles. The standard InChI is InChI=1S/C19H33NO/c1-4-6-16-7-11-18(15-20,12-8-16)19(21)10-5-9-17(2,3)13-14-19/h16,21H,4-14H2,1-3H3. The SMILES string of the molecule is CCCC1CCC(C#N)(C2(O)CCCC(C)(C)CC2)CC1. The van der Waals surface area contributed by atoms with Gasteiger partial charge in [-0.2, -0.15) is 5.26 Å². The van der Waals surface area contributed by atoms with E-state index >= 15 is 0 Å². The molecule has 2 nitrogen and oxygen atoms in total. The van der Waals surface area contributed by atoms with Crippen molar-refractivity contribution in [2.45, 2.75) is 97.0 Å². The number of hydrogen-bond acceptors (Lipinski definition) is 2. The minimum Gasteiger partial charge on any atom is -0.388 e. The van der Waals surface area contributed by atoms with Crippen LogP contribution < -0.4 is 0 Å². The second-order valence-corrected chi connectivity index (χ2v) is 8.48. The summed E-state index contributed by atoms with van der Waals surface area (Å²) in [6, 6.07) is 2.60. The third kappa shape index (κ3) is 3.45. The monoisotopic (exact) mass is 291 g/mol. The molecule has 0 spiro atoms. The van der Waals surface area contributed by atoms with Gasteiger partial charge in [-0.25, -0.2) is 0 Å². The number of nitriles is 1. The summed E-state index contributed by atoms with van der Waals surface area (Å²) in [7, 11) is 0. The maximum Gasteiger partial charge on any atom is 0.0860 e. The van der Waals surface area contributed by atoms with Crippen LogP contribution in [-0.4, -0.2) is 10.7 Å². The lowest BCUT2D eigenvalue weighted by atomic mass is 9.59. The molecule has 0 aromatic rings. The lowest BCUT2D eigenvalue weighted by molar-refractivity contribution is -0.0902. The van der Waals surface area contributed by atoms with E-state index in [1.807, 2.05) is 0 Å². The highest BCUT2D eigenvalue weighted by molar-refractivity contribution is 5.13. The Hall–Kier alpha value is -0.550. The fraction of sp³-hybridized carbons (Fsp3) is 0.947. The van der Waals surface area contributed by atoms with Gasteiger partial charge in [0.1, 0.15) is 0 Å². The van der Waals surface area contributed by atoms with E-state index < -0.39 is 11.0 Å². The van der Waals surface area contributed by atoms with Crippen molar-refractivity contribution in [3.63, 3.8) is 0 Å². The average molecular weight is 291 g/mol. The first kappa shape index (κ1) is 16.8. The van der Waals surface area contributed by atoms with Gasteiger partial charge in [-0.3, -0.25) is 0 Å². The van der Waals surface area contributed by atoms with Crippen molar-refractivity contribution < 1.29 is 5.11 Å². The summed E-state index contributed by atoms with van der Waals surface area (Å²) < 4.78 is 0. The second-order valence-electron chi connectivity index (χ2n) is 8.48. The third-order valence-corrected chi connectivity index (χ3v) is 6.42. The Kier molecular flexibility index (Phi) is 5.03. The highest BCUT2D eigenvalue weighted by atomic mass is 16.3. The van der Waals surface area contributed by atoms with E-state index in [1.165, 1.54) is 19.3 Å². The molecular formula is C19H33NO. The van der Waals surface area contributed by atoms with Crippen LogP contribution in [0.1, 0.15) is 91.4 Å². The van der Waals surface area contributed by atoms with Gasteiger partial charge in [-0.1, -0.05) is 40.0 Å². The second kappa shape index (κ2) is 6.29. The normalized spacial score (nSPS) is 40.2. The van der Waals surface area contributed by atoms with Gasteiger partial charge in [-0.15, -0.1) is 0 Å². The summed E-state index contributed by atoms with van der Waals surface area (Å²) in [6.45, 7) is 6.85. The van der Waals surface area contributed by atoms with Gasteiger partial charge in [0.05, 0.1) is 17.1 Å². The zero-order valence-corrected chi connectivity index (χ0v) is 14.2. The molecule has 0 aromatic heterocycles. The molecule has 0 radical (unpaired) electrons. The predicted octanol–water partition coefficient (Wildman–Crippen LogP) is 5.21. The van der Waals surface area contributed by atoms with Gasteiger partial charge in [-0.05, 0) is 62.7 Å². The Morgan fingerprint density at radius 3 is 2.29 bits per heavy atom. The summed E-state index contributed by atoms with van der Waals surface area (Å²) in [5.41, 5.74) is -0.898. The van der Waals surface area contributed by atoms with E-state index in [0.29, 0.717) is 5.41 Å². The Balaban J connectivity index is 2.11. The number of nitrogens with zero attached hydrogens (tertiary/aromatic N) is 1. The maximum atomic E-state index is 11.4. The number of hydrogen-bond donors (Lipinski definition) is 1. The zero-order chi connectivity index (χ0) is 15.6. The van der Waals surface area contributed by atoms with E-state index in [9.17, 15) is 10.4 Å². The minimum atomic E-state index is -0.743. The Morgan fingerprint density at radius 2 is 1.71 bits per heavy atom. The van der Waals surface area contributed by atoms with Gasteiger partial charge < -0.3 is 5.11 Å². The van der Waals surface area contributed by atoms with Crippen molar-refractivity contribution >= 4 is 0 Å². The molecule has 2 saturated carbocycles. The molecule has 0 saturated heterocycles. The third-order valence-electron chi connectivity index (χ3n) is 6.42. The van der Waals surface area contributed by atoms with Crippen LogP contribution in [0.2, 0.25) is 0 Å². The highest BCUT2D eigenvalue weighted by Crippen LogP contribution is 2.53. The average Bonchev–Trinajstić information content (AvgIpc) is 2.60. The van der Waals surface area contributed by atoms with Crippen LogP contribution in [0.15, 0.2) is 0 Å². The van der Waals surface area contributed by atoms with Crippen molar-refractivity contribution in [3.05, 3.63) is 0 Å². The van der Waals surface area contributed by atoms with Crippen LogP contribution in [0, 0.1) is 28.1 Å². The predicted molar refractivity (Wildman–Crippen MR) is 86.7 cm³/mol. The first-order valence-electron chi connectivity index (χ1n) is 9.00. The van der Waals surface area contributed by atoms with Gasteiger partial charge in [0.15, 0.2) is 0 Å². The lowest BCUT2D eigenvalue weighted by Crippen LogP contribution is -2.49. The van der Waals surface area contributed by atoms with E-state index in [2.05, 4.69) is 26.8 Å². The Labute approximate surface area is 130 Å². The van der Waals surface area contributed by atoms with Gasteiger partial charge in [0.25, 0.3) is 0 Å². The largest absolute Gasteiger partial charge is 0.388 e. The van der Waals surface area contributed by atoms with Gasteiger partial charge in [0.2, 0.25) is 0 Å². The van der Waals surface area contributed by atoms with E-state index in [1.54, 1.807) is 0 Å². The lowest BCUT2D eigenvalue weighted by Gasteiger charge is -2.46. The molecule has 1 N–H and O–H groups in total. The van der Waals surface area contributed by atoms with Crippen molar-refractivity contribution in [1.82, 2.24) is 0 Å². The summed E-state index contributed by atoms with van der Waals surface area (Å²) in [5, 5.41) is 21.2. The van der Waals surface area contributed by atoms with E-state index in [4.69, 9.17) is 0 Å². The van der Waals surface area contributed by atoms with Gasteiger partial charge in [0, 0.05) is 0 Å². The van der Waals surface area contributed by atoms with Crippen molar-refractivity contribution in [2.24, 2.45) is 16.7 Å². The van der Waals surface area contributed by atoms with Crippen LogP contribution in [0.3, 0.4) is 0 Å². The smallest absolute Gasteiger partial charge is 0.0860 e. The number of rotatable bonds is 3. The van der Waals surface area contributed by atoms with E-state index in [0.717, 1.165) is 57.3 Å². The summed E-state index contributed by atoms with van der Waals surface area (Å²) in [4.78, 5) is 0. The summed E-state index contributed by atoms with van der Waals surface area (Å²) in [5.74, 6) is 0.780. The highest BCUT2D eigenvalue weighted by Gasteiger charge is 2.52. The molecule has 120 valence electrons. The first-order valence-corrected chi connectivity index (χ1v) is 9.00. The molecule has 0 amide bonds. The van der Waals surface area contributed by atoms with Crippen LogP contribution in [-0.2, 0) is 0 Å². The molecule has 0 heterocycles. The Bertz CT molecular complexity index is 387. The summed E-state index contributed by atoms with van der Waals surface area (Å²) >= 11 is 0. The van der Waals surface area contributed by atoms with Crippen LogP contribution in [0.4, 0.5) is 0 Å². The molecular weight excluding hydrogens is 258 g/mol. The molecule has 1 unspecified atom stereocenters. The Morgan fingerprint density at radius 1 is 1.05 bits per heavy atom. The van der Waals surface area contributed by atoms with Crippen LogP contribution >= 0.6 is 0 Å². The first-order chi connectivity index (χ1) is 9.86. The van der Waals surface area contributed by atoms with Crippen LogP contribution in [0.25, 0.3) is 0 Å². The molecule has 0 aliphatic heterocycles. The van der Waals surface area contributed by atoms with E-state index in [-0.39, 0.29) is 0 Å². The van der Waals surface area contributed by atoms with Crippen molar-refractivity contribution in [1.29, 1.82) is 5.26 Å². The molecule has 1 atom stereocenters. The molecule has 2 fully saturated rings. The molecule has 0 aromatic carbocycles. The topological polar surface area (TPSA) is 44.0 Å². The zero-order valence-electron chi connectivity index (χ0n) is 14.2. The number of aliphatic hydroxyl groups is 1. The fourth-order valence-electron chi connectivity index (χ4n) is 4.68. The van der Waals surface area contributed by atoms with Crippen LogP contribution in [0.5, 0.6) is 0 Å². The fourth-order valence-corrected chi connectivity index (χ4v) is 4.68. The summed E-state index contributed by atoms with van der Waals surface area (Å²) in [6.07, 6.45) is 11.5. The molecule has 2 aliphatic rings. The van der Waals surface area contributed by atoms with Gasteiger partial charge >= 0.3 is 0 Å². The molecule has 0 bridgehead atoms. The maximum absolute atomic E-state index is 11.4. The molecule has 2 heteroatoms. The van der Waals surface area contributed by atoms with Crippen molar-refractivity contribution in [2.75, 3.05) is 0 Å².